The average Bonchev–Trinajstić information content (AvgIpc) is 2.76. The van der Waals surface area contributed by atoms with E-state index < -0.39 is 0 Å². The van der Waals surface area contributed by atoms with Gasteiger partial charge in [0.05, 0.1) is 12.8 Å². The molecule has 2 aromatic rings. The molecule has 0 aromatic heterocycles. The summed E-state index contributed by atoms with van der Waals surface area (Å²) in [5.74, 6) is 0.713. The van der Waals surface area contributed by atoms with Gasteiger partial charge in [-0.3, -0.25) is 14.4 Å². The van der Waals surface area contributed by atoms with Gasteiger partial charge in [-0.15, -0.1) is 0 Å². The summed E-state index contributed by atoms with van der Waals surface area (Å²) in [7, 11) is 1.56. The zero-order valence-electron chi connectivity index (χ0n) is 16.1. The van der Waals surface area contributed by atoms with Crippen LogP contribution in [0.3, 0.4) is 0 Å². The van der Waals surface area contributed by atoms with E-state index in [1.807, 2.05) is 12.1 Å². The van der Waals surface area contributed by atoms with Crippen LogP contribution in [0, 0.1) is 0 Å². The number of amides is 3. The minimum absolute atomic E-state index is 0.0317. The molecule has 2 N–H and O–H groups in total. The summed E-state index contributed by atoms with van der Waals surface area (Å²) in [6.07, 6.45) is 0.159. The number of para-hydroxylation sites is 2. The second kappa shape index (κ2) is 9.59. The van der Waals surface area contributed by atoms with E-state index in [0.717, 1.165) is 0 Å². The summed E-state index contributed by atoms with van der Waals surface area (Å²) in [6, 6.07) is 14.0. The van der Waals surface area contributed by atoms with Crippen LogP contribution in [-0.4, -0.2) is 51.1 Å². The fourth-order valence-electron chi connectivity index (χ4n) is 2.92. The molecule has 3 rings (SSSR count). The van der Waals surface area contributed by atoms with E-state index in [1.165, 1.54) is 0 Å². The van der Waals surface area contributed by atoms with Gasteiger partial charge in [-0.2, -0.15) is 0 Å². The third-order valence-electron chi connectivity index (χ3n) is 4.46. The Morgan fingerprint density at radius 2 is 1.79 bits per heavy atom. The highest BCUT2D eigenvalue weighted by molar-refractivity contribution is 5.98. The minimum atomic E-state index is -0.225. The van der Waals surface area contributed by atoms with E-state index in [9.17, 15) is 14.4 Å². The van der Waals surface area contributed by atoms with E-state index in [2.05, 4.69) is 10.6 Å². The molecule has 0 radical (unpaired) electrons. The molecule has 0 fully saturated rings. The number of anilines is 1. The number of fused-ring (bicyclic) bond motifs is 1. The minimum Gasteiger partial charge on any atom is -0.497 e. The molecule has 3 amide bonds. The van der Waals surface area contributed by atoms with Gasteiger partial charge in [0.25, 0.3) is 11.8 Å². The van der Waals surface area contributed by atoms with Gasteiger partial charge in [-0.1, -0.05) is 12.1 Å². The van der Waals surface area contributed by atoms with Gasteiger partial charge in [-0.25, -0.2) is 0 Å². The molecule has 0 spiro atoms. The third kappa shape index (κ3) is 5.25. The van der Waals surface area contributed by atoms with Gasteiger partial charge in [0, 0.05) is 31.6 Å². The highest BCUT2D eigenvalue weighted by atomic mass is 16.5. The van der Waals surface area contributed by atoms with E-state index in [1.54, 1.807) is 48.4 Å². The number of carbonyl (C=O) groups excluding carboxylic acids is 3. The van der Waals surface area contributed by atoms with Gasteiger partial charge in [-0.05, 0) is 36.4 Å². The number of carbonyl (C=O) groups is 3. The van der Waals surface area contributed by atoms with Gasteiger partial charge in [0.15, 0.2) is 6.61 Å². The van der Waals surface area contributed by atoms with Crippen molar-refractivity contribution >= 4 is 23.4 Å². The van der Waals surface area contributed by atoms with Crippen molar-refractivity contribution in [1.29, 1.82) is 0 Å². The van der Waals surface area contributed by atoms with E-state index >= 15 is 0 Å². The molecule has 1 aliphatic heterocycles. The van der Waals surface area contributed by atoms with Crippen molar-refractivity contribution in [2.45, 2.75) is 6.42 Å². The molecular formula is C21H23N3O5. The van der Waals surface area contributed by atoms with Crippen molar-refractivity contribution in [1.82, 2.24) is 10.6 Å². The van der Waals surface area contributed by atoms with Crippen LogP contribution in [0.15, 0.2) is 48.5 Å². The van der Waals surface area contributed by atoms with Gasteiger partial charge in [0.1, 0.15) is 11.5 Å². The third-order valence-corrected chi connectivity index (χ3v) is 4.46. The Morgan fingerprint density at radius 1 is 1.07 bits per heavy atom. The molecule has 29 heavy (non-hydrogen) atoms. The van der Waals surface area contributed by atoms with E-state index in [0.29, 0.717) is 35.8 Å². The molecule has 152 valence electrons. The number of ether oxygens (including phenoxy) is 2. The molecule has 1 aliphatic rings. The summed E-state index contributed by atoms with van der Waals surface area (Å²) in [4.78, 5) is 37.8. The van der Waals surface area contributed by atoms with Gasteiger partial charge >= 0.3 is 0 Å². The molecule has 0 saturated heterocycles. The fraction of sp³-hybridized carbons (Fsp3) is 0.286. The van der Waals surface area contributed by atoms with Crippen LogP contribution in [-0.2, 0) is 9.59 Å². The second-order valence-corrected chi connectivity index (χ2v) is 6.39. The maximum Gasteiger partial charge on any atom is 0.265 e. The van der Waals surface area contributed by atoms with Crippen molar-refractivity contribution in [2.75, 3.05) is 38.3 Å². The lowest BCUT2D eigenvalue weighted by atomic mass is 10.2. The molecule has 0 unspecified atom stereocenters. The Hall–Kier alpha value is -3.55. The Morgan fingerprint density at radius 3 is 2.55 bits per heavy atom. The Kier molecular flexibility index (Phi) is 6.67. The first kappa shape index (κ1) is 20.2. The summed E-state index contributed by atoms with van der Waals surface area (Å²) < 4.78 is 10.4. The first-order valence-electron chi connectivity index (χ1n) is 9.29. The Balaban J connectivity index is 1.39. The Bertz CT molecular complexity index is 882. The van der Waals surface area contributed by atoms with Crippen molar-refractivity contribution in [2.24, 2.45) is 0 Å². The first-order valence-corrected chi connectivity index (χ1v) is 9.29. The van der Waals surface area contributed by atoms with Crippen LogP contribution in [0.4, 0.5) is 5.69 Å². The number of methoxy groups -OCH3 is 1. The fourth-order valence-corrected chi connectivity index (χ4v) is 2.92. The molecule has 1 heterocycles. The van der Waals surface area contributed by atoms with Crippen molar-refractivity contribution < 1.29 is 23.9 Å². The quantitative estimate of drug-likeness (QED) is 0.656. The SMILES string of the molecule is COc1ccc(C(=O)NCCNC(=O)CCN2C(=O)COc3ccccc32)cc1. The van der Waals surface area contributed by atoms with Crippen LogP contribution in [0.1, 0.15) is 16.8 Å². The lowest BCUT2D eigenvalue weighted by Crippen LogP contribution is -2.41. The largest absolute Gasteiger partial charge is 0.497 e. The zero-order valence-corrected chi connectivity index (χ0v) is 16.1. The zero-order chi connectivity index (χ0) is 20.6. The second-order valence-electron chi connectivity index (χ2n) is 6.39. The standard InChI is InChI=1S/C21H23N3O5/c1-28-16-8-6-15(7-9-16)21(27)23-12-11-22-19(25)10-13-24-17-4-2-3-5-18(17)29-14-20(24)26/h2-9H,10-14H2,1H3,(H,22,25)(H,23,27). The molecule has 0 bridgehead atoms. The van der Waals surface area contributed by atoms with Crippen molar-refractivity contribution in [3.63, 3.8) is 0 Å². The highest BCUT2D eigenvalue weighted by Crippen LogP contribution is 2.31. The predicted octanol–water partition coefficient (Wildman–Crippen LogP) is 1.36. The number of nitrogens with zero attached hydrogens (tertiary/aromatic N) is 1. The number of hydrogen-bond donors (Lipinski definition) is 2. The van der Waals surface area contributed by atoms with Crippen LogP contribution in [0.25, 0.3) is 0 Å². The number of hydrogen-bond acceptors (Lipinski definition) is 5. The Labute approximate surface area is 168 Å². The van der Waals surface area contributed by atoms with Crippen LogP contribution >= 0.6 is 0 Å². The van der Waals surface area contributed by atoms with Gasteiger partial charge in [0.2, 0.25) is 5.91 Å². The van der Waals surface area contributed by atoms with Crippen molar-refractivity contribution in [3.05, 3.63) is 54.1 Å². The molecule has 8 nitrogen and oxygen atoms in total. The average molecular weight is 397 g/mol. The summed E-state index contributed by atoms with van der Waals surface area (Å²) >= 11 is 0. The first-order chi connectivity index (χ1) is 14.1. The normalized spacial score (nSPS) is 12.6. The molecular weight excluding hydrogens is 374 g/mol. The smallest absolute Gasteiger partial charge is 0.265 e. The molecule has 0 atom stereocenters. The maximum atomic E-state index is 12.1. The predicted molar refractivity (Wildman–Crippen MR) is 107 cm³/mol. The van der Waals surface area contributed by atoms with E-state index in [-0.39, 0.29) is 37.3 Å². The maximum absolute atomic E-state index is 12.1. The van der Waals surface area contributed by atoms with Gasteiger partial charge < -0.3 is 25.0 Å². The summed E-state index contributed by atoms with van der Waals surface area (Å²) in [6.45, 7) is 0.837. The molecule has 0 saturated carbocycles. The van der Waals surface area contributed by atoms with Crippen LogP contribution < -0.4 is 25.0 Å². The summed E-state index contributed by atoms with van der Waals surface area (Å²) in [5.41, 5.74) is 1.19. The molecule has 0 aliphatic carbocycles. The highest BCUT2D eigenvalue weighted by Gasteiger charge is 2.25. The molecule has 8 heteroatoms. The number of nitrogens with one attached hydrogen (secondary N) is 2. The van der Waals surface area contributed by atoms with Crippen LogP contribution in [0.2, 0.25) is 0 Å². The van der Waals surface area contributed by atoms with Crippen molar-refractivity contribution in [3.8, 4) is 11.5 Å². The lowest BCUT2D eigenvalue weighted by molar-refractivity contribution is -0.122. The molecule has 2 aromatic carbocycles. The monoisotopic (exact) mass is 397 g/mol. The lowest BCUT2D eigenvalue weighted by Gasteiger charge is -2.29. The number of rotatable bonds is 8. The topological polar surface area (TPSA) is 97.0 Å². The number of benzene rings is 2. The van der Waals surface area contributed by atoms with E-state index in [4.69, 9.17) is 9.47 Å². The summed E-state index contributed by atoms with van der Waals surface area (Å²) in [5, 5.41) is 5.49. The van der Waals surface area contributed by atoms with Crippen LogP contribution in [0.5, 0.6) is 11.5 Å².